The number of fused-ring (bicyclic) bond motifs is 2. The molecule has 2 aliphatic heterocycles. The first kappa shape index (κ1) is 7.18. The topological polar surface area (TPSA) is 38.3 Å². The van der Waals surface area contributed by atoms with Gasteiger partial charge in [-0.15, -0.1) is 0 Å². The van der Waals surface area contributed by atoms with Crippen LogP contribution in [0.25, 0.3) is 0 Å². The SMILES string of the molecule is O=C1CC2COCC(N2)C1F. The number of piperidine rings is 1. The van der Waals surface area contributed by atoms with E-state index in [-0.39, 0.29) is 18.2 Å². The van der Waals surface area contributed by atoms with E-state index in [0.29, 0.717) is 13.2 Å². The number of hydrogen-bond acceptors (Lipinski definition) is 3. The molecular weight excluding hydrogens is 149 g/mol. The fourth-order valence-corrected chi connectivity index (χ4v) is 1.60. The number of carbonyl (C=O) groups is 1. The van der Waals surface area contributed by atoms with E-state index in [4.69, 9.17) is 4.74 Å². The van der Waals surface area contributed by atoms with Crippen LogP contribution in [0.5, 0.6) is 0 Å². The number of alkyl halides is 1. The minimum absolute atomic E-state index is 0.0493. The van der Waals surface area contributed by atoms with Crippen molar-refractivity contribution in [3.05, 3.63) is 0 Å². The Bertz CT molecular complexity index is 185. The van der Waals surface area contributed by atoms with Gasteiger partial charge in [0, 0.05) is 12.5 Å². The number of carbonyl (C=O) groups excluding carboxylic acids is 1. The molecule has 3 unspecified atom stereocenters. The first-order valence-electron chi connectivity index (χ1n) is 3.78. The van der Waals surface area contributed by atoms with Crippen LogP contribution in [0.1, 0.15) is 6.42 Å². The summed E-state index contributed by atoms with van der Waals surface area (Å²) >= 11 is 0. The van der Waals surface area contributed by atoms with Crippen molar-refractivity contribution < 1.29 is 13.9 Å². The molecule has 0 spiro atoms. The van der Waals surface area contributed by atoms with Crippen LogP contribution in [-0.2, 0) is 9.53 Å². The molecule has 3 nitrogen and oxygen atoms in total. The van der Waals surface area contributed by atoms with Crippen LogP contribution in [0.15, 0.2) is 0 Å². The zero-order valence-corrected chi connectivity index (χ0v) is 6.05. The molecule has 0 aliphatic carbocycles. The predicted molar refractivity (Wildman–Crippen MR) is 36.1 cm³/mol. The number of morpholine rings is 1. The van der Waals surface area contributed by atoms with Gasteiger partial charge >= 0.3 is 0 Å². The molecule has 0 saturated carbocycles. The molecule has 0 aromatic heterocycles. The largest absolute Gasteiger partial charge is 0.378 e. The number of Topliss-reactive ketones (excluding diaryl/α,β-unsaturated/α-hetero) is 1. The highest BCUT2D eigenvalue weighted by Gasteiger charge is 2.39. The fraction of sp³-hybridized carbons (Fsp3) is 0.857. The summed E-state index contributed by atoms with van der Waals surface area (Å²) in [5.74, 6) is -0.276. The second-order valence-corrected chi connectivity index (χ2v) is 3.08. The molecule has 3 atom stereocenters. The van der Waals surface area contributed by atoms with Gasteiger partial charge in [0.05, 0.1) is 19.3 Å². The Morgan fingerprint density at radius 3 is 3.18 bits per heavy atom. The summed E-state index contributed by atoms with van der Waals surface area (Å²) in [6.45, 7) is 0.859. The molecule has 1 N–H and O–H groups in total. The Kier molecular flexibility index (Phi) is 1.65. The lowest BCUT2D eigenvalue weighted by atomic mass is 9.95. The Morgan fingerprint density at radius 2 is 2.36 bits per heavy atom. The lowest BCUT2D eigenvalue weighted by molar-refractivity contribution is -0.132. The zero-order valence-electron chi connectivity index (χ0n) is 6.05. The highest BCUT2D eigenvalue weighted by atomic mass is 19.1. The Morgan fingerprint density at radius 1 is 1.55 bits per heavy atom. The van der Waals surface area contributed by atoms with Gasteiger partial charge in [-0.1, -0.05) is 0 Å². The Labute approximate surface area is 63.9 Å². The number of hydrogen-bond donors (Lipinski definition) is 1. The highest BCUT2D eigenvalue weighted by molar-refractivity contribution is 5.85. The summed E-state index contributed by atoms with van der Waals surface area (Å²) < 4.78 is 18.1. The predicted octanol–water partition coefficient (Wildman–Crippen LogP) is -0.346. The monoisotopic (exact) mass is 159 g/mol. The van der Waals surface area contributed by atoms with Crippen LogP contribution in [-0.4, -0.2) is 37.3 Å². The zero-order chi connectivity index (χ0) is 7.84. The molecule has 2 heterocycles. The minimum atomic E-state index is -1.36. The van der Waals surface area contributed by atoms with Crippen molar-refractivity contribution in [2.45, 2.75) is 24.7 Å². The van der Waals surface area contributed by atoms with E-state index < -0.39 is 12.2 Å². The molecule has 11 heavy (non-hydrogen) atoms. The van der Waals surface area contributed by atoms with E-state index in [2.05, 4.69) is 5.32 Å². The smallest absolute Gasteiger partial charge is 0.176 e. The van der Waals surface area contributed by atoms with Crippen molar-refractivity contribution >= 4 is 5.78 Å². The van der Waals surface area contributed by atoms with Crippen molar-refractivity contribution in [2.75, 3.05) is 13.2 Å². The van der Waals surface area contributed by atoms with Crippen LogP contribution < -0.4 is 5.32 Å². The summed E-state index contributed by atoms with van der Waals surface area (Å²) in [6, 6.07) is -0.344. The van der Waals surface area contributed by atoms with Crippen molar-refractivity contribution in [1.29, 1.82) is 0 Å². The molecule has 62 valence electrons. The maximum absolute atomic E-state index is 13.0. The first-order valence-corrected chi connectivity index (χ1v) is 3.78. The quantitative estimate of drug-likeness (QED) is 0.525. The summed E-state index contributed by atoms with van der Waals surface area (Å²) in [4.78, 5) is 10.9. The number of nitrogens with one attached hydrogen (secondary N) is 1. The highest BCUT2D eigenvalue weighted by Crippen LogP contribution is 2.17. The average molecular weight is 159 g/mol. The van der Waals surface area contributed by atoms with Crippen LogP contribution in [0.2, 0.25) is 0 Å². The number of ketones is 1. The van der Waals surface area contributed by atoms with E-state index in [1.165, 1.54) is 0 Å². The summed E-state index contributed by atoms with van der Waals surface area (Å²) in [7, 11) is 0. The van der Waals surface area contributed by atoms with Gasteiger partial charge in [0.2, 0.25) is 0 Å². The number of rotatable bonds is 0. The average Bonchev–Trinajstić information content (AvgIpc) is 2.01. The maximum Gasteiger partial charge on any atom is 0.176 e. The van der Waals surface area contributed by atoms with Crippen LogP contribution in [0.3, 0.4) is 0 Å². The molecule has 2 saturated heterocycles. The lowest BCUT2D eigenvalue weighted by Crippen LogP contribution is -2.60. The van der Waals surface area contributed by atoms with Gasteiger partial charge in [0.25, 0.3) is 0 Å². The van der Waals surface area contributed by atoms with Gasteiger partial charge in [-0.3, -0.25) is 4.79 Å². The molecule has 2 rings (SSSR count). The molecule has 0 aromatic rings. The van der Waals surface area contributed by atoms with Crippen LogP contribution in [0.4, 0.5) is 4.39 Å². The Balaban J connectivity index is 2.11. The van der Waals surface area contributed by atoms with Crippen LogP contribution >= 0.6 is 0 Å². The molecule has 0 aromatic carbocycles. The second kappa shape index (κ2) is 2.53. The molecule has 0 radical (unpaired) electrons. The van der Waals surface area contributed by atoms with Crippen molar-refractivity contribution in [1.82, 2.24) is 5.32 Å². The van der Waals surface area contributed by atoms with E-state index in [9.17, 15) is 9.18 Å². The van der Waals surface area contributed by atoms with E-state index in [0.717, 1.165) is 0 Å². The van der Waals surface area contributed by atoms with E-state index in [1.54, 1.807) is 0 Å². The third-order valence-electron chi connectivity index (χ3n) is 2.17. The van der Waals surface area contributed by atoms with Crippen LogP contribution in [0, 0.1) is 0 Å². The van der Waals surface area contributed by atoms with E-state index >= 15 is 0 Å². The molecule has 4 heteroatoms. The van der Waals surface area contributed by atoms with Crippen molar-refractivity contribution in [2.24, 2.45) is 0 Å². The fourth-order valence-electron chi connectivity index (χ4n) is 1.60. The molecule has 0 amide bonds. The number of ether oxygens (including phenoxy) is 1. The summed E-state index contributed by atoms with van der Waals surface area (Å²) in [6.07, 6.45) is -1.08. The van der Waals surface area contributed by atoms with Crippen molar-refractivity contribution in [3.63, 3.8) is 0 Å². The third-order valence-corrected chi connectivity index (χ3v) is 2.17. The van der Waals surface area contributed by atoms with Crippen molar-refractivity contribution in [3.8, 4) is 0 Å². The molecular formula is C7H10FNO2. The van der Waals surface area contributed by atoms with Gasteiger partial charge in [0.15, 0.2) is 12.0 Å². The lowest BCUT2D eigenvalue weighted by Gasteiger charge is -2.36. The molecule has 2 fully saturated rings. The summed E-state index contributed by atoms with van der Waals surface area (Å²) in [5, 5.41) is 3.01. The first-order chi connectivity index (χ1) is 5.27. The Hall–Kier alpha value is -0.480. The van der Waals surface area contributed by atoms with Gasteiger partial charge in [-0.2, -0.15) is 0 Å². The standard InChI is InChI=1S/C7H10FNO2/c8-7-5-3-11-2-4(9-5)1-6(7)10/h4-5,7,9H,1-3H2. The van der Waals surface area contributed by atoms with Gasteiger partial charge in [0.1, 0.15) is 0 Å². The third kappa shape index (κ3) is 1.16. The summed E-state index contributed by atoms with van der Waals surface area (Å²) in [5.41, 5.74) is 0. The normalized spacial score (nSPS) is 44.1. The molecule has 2 bridgehead atoms. The van der Waals surface area contributed by atoms with Gasteiger partial charge in [-0.05, 0) is 0 Å². The number of halogens is 1. The van der Waals surface area contributed by atoms with Gasteiger partial charge < -0.3 is 10.1 Å². The maximum atomic E-state index is 13.0. The minimum Gasteiger partial charge on any atom is -0.378 e. The van der Waals surface area contributed by atoms with Gasteiger partial charge in [-0.25, -0.2) is 4.39 Å². The van der Waals surface area contributed by atoms with E-state index in [1.807, 2.05) is 0 Å². The second-order valence-electron chi connectivity index (χ2n) is 3.08. The molecule has 2 aliphatic rings.